The minimum Gasteiger partial charge on any atom is -0.326 e. The molecule has 0 aromatic carbocycles. The molecule has 0 saturated heterocycles. The van der Waals surface area contributed by atoms with E-state index in [4.69, 9.17) is 0 Å². The summed E-state index contributed by atoms with van der Waals surface area (Å²) >= 11 is 0. The Kier molecular flexibility index (Phi) is 4.34. The number of nitrogens with zero attached hydrogens (tertiary/aromatic N) is 5. The molecule has 3 heterocycles. The Morgan fingerprint density at radius 2 is 2.14 bits per heavy atom. The first-order chi connectivity index (χ1) is 10.2. The lowest BCUT2D eigenvalue weighted by Crippen LogP contribution is -2.22. The summed E-state index contributed by atoms with van der Waals surface area (Å²) in [6.07, 6.45) is 7.40. The zero-order valence-corrected chi connectivity index (χ0v) is 12.9. The van der Waals surface area contributed by atoms with Crippen LogP contribution in [0.25, 0.3) is 0 Å². The molecule has 3 rings (SSSR count). The lowest BCUT2D eigenvalue weighted by Gasteiger charge is -2.15. The van der Waals surface area contributed by atoms with Gasteiger partial charge in [0.2, 0.25) is 0 Å². The number of aryl methyl sites for hydroxylation is 1. The molecule has 2 aromatic rings. The average molecular weight is 288 g/mol. The number of aromatic nitrogens is 5. The van der Waals surface area contributed by atoms with Crippen molar-refractivity contribution in [2.75, 3.05) is 6.54 Å². The highest BCUT2D eigenvalue weighted by Gasteiger charge is 2.16. The molecular formula is C15H24N6. The first-order valence-electron chi connectivity index (χ1n) is 7.85. The van der Waals surface area contributed by atoms with Crippen LogP contribution in [-0.2, 0) is 26.1 Å². The largest absolute Gasteiger partial charge is 0.326 e. The van der Waals surface area contributed by atoms with Crippen LogP contribution in [-0.4, -0.2) is 30.9 Å². The average Bonchev–Trinajstić information content (AvgIpc) is 3.07. The molecule has 2 aromatic heterocycles. The molecule has 0 saturated carbocycles. The molecule has 0 radical (unpaired) electrons. The van der Waals surface area contributed by atoms with Crippen molar-refractivity contribution in [1.29, 1.82) is 0 Å². The molecule has 114 valence electrons. The third kappa shape index (κ3) is 3.32. The lowest BCUT2D eigenvalue weighted by molar-refractivity contribution is 0.495. The monoisotopic (exact) mass is 288 g/mol. The molecule has 0 bridgehead atoms. The van der Waals surface area contributed by atoms with E-state index in [0.717, 1.165) is 50.1 Å². The molecule has 0 spiro atoms. The van der Waals surface area contributed by atoms with Gasteiger partial charge in [0.15, 0.2) is 5.82 Å². The Labute approximate surface area is 125 Å². The van der Waals surface area contributed by atoms with E-state index in [2.05, 4.69) is 43.5 Å². The SMILES string of the molecule is CC(C)CNCc1nccn1Cc1nnc2n1CCCC2. The second-order valence-electron chi connectivity index (χ2n) is 6.14. The van der Waals surface area contributed by atoms with Gasteiger partial charge in [-0.1, -0.05) is 13.8 Å². The van der Waals surface area contributed by atoms with Gasteiger partial charge in [0, 0.05) is 25.4 Å². The molecule has 6 nitrogen and oxygen atoms in total. The predicted molar refractivity (Wildman–Crippen MR) is 80.8 cm³/mol. The maximum absolute atomic E-state index is 4.45. The molecule has 0 atom stereocenters. The Bertz CT molecular complexity index is 583. The third-order valence-electron chi connectivity index (χ3n) is 3.89. The van der Waals surface area contributed by atoms with Gasteiger partial charge in [0.1, 0.15) is 11.6 Å². The van der Waals surface area contributed by atoms with Crippen LogP contribution in [0.2, 0.25) is 0 Å². The van der Waals surface area contributed by atoms with E-state index in [1.54, 1.807) is 0 Å². The van der Waals surface area contributed by atoms with Gasteiger partial charge in [-0.05, 0) is 25.3 Å². The number of hydrogen-bond donors (Lipinski definition) is 1. The predicted octanol–water partition coefficient (Wildman–Crippen LogP) is 1.60. The summed E-state index contributed by atoms with van der Waals surface area (Å²) in [6, 6.07) is 0. The number of hydrogen-bond acceptors (Lipinski definition) is 4. The molecule has 1 aliphatic heterocycles. The lowest BCUT2D eigenvalue weighted by atomic mass is 10.2. The van der Waals surface area contributed by atoms with Crippen molar-refractivity contribution in [3.8, 4) is 0 Å². The van der Waals surface area contributed by atoms with Crippen molar-refractivity contribution in [2.45, 2.75) is 52.7 Å². The fourth-order valence-corrected chi connectivity index (χ4v) is 2.76. The molecule has 0 unspecified atom stereocenters. The standard InChI is InChI=1S/C15H24N6/c1-12(2)9-16-10-14-17-6-8-20(14)11-15-19-18-13-5-3-4-7-21(13)15/h6,8,12,16H,3-5,7,9-11H2,1-2H3. The van der Waals surface area contributed by atoms with Crippen LogP contribution in [0.5, 0.6) is 0 Å². The van der Waals surface area contributed by atoms with E-state index in [0.29, 0.717) is 5.92 Å². The van der Waals surface area contributed by atoms with E-state index < -0.39 is 0 Å². The molecule has 1 aliphatic rings. The second kappa shape index (κ2) is 6.39. The van der Waals surface area contributed by atoms with Gasteiger partial charge in [0.05, 0.1) is 13.1 Å². The number of nitrogens with one attached hydrogen (secondary N) is 1. The smallest absolute Gasteiger partial charge is 0.153 e. The zero-order valence-electron chi connectivity index (χ0n) is 12.9. The van der Waals surface area contributed by atoms with Gasteiger partial charge in [-0.25, -0.2) is 4.98 Å². The van der Waals surface area contributed by atoms with Gasteiger partial charge in [-0.3, -0.25) is 0 Å². The third-order valence-corrected chi connectivity index (χ3v) is 3.89. The van der Waals surface area contributed by atoms with Crippen LogP contribution in [0, 0.1) is 5.92 Å². The van der Waals surface area contributed by atoms with Crippen LogP contribution in [0.15, 0.2) is 12.4 Å². The Morgan fingerprint density at radius 3 is 3.00 bits per heavy atom. The number of imidazole rings is 1. The van der Waals surface area contributed by atoms with Crippen molar-refractivity contribution in [2.24, 2.45) is 5.92 Å². The molecular weight excluding hydrogens is 264 g/mol. The van der Waals surface area contributed by atoms with Gasteiger partial charge in [-0.15, -0.1) is 10.2 Å². The van der Waals surface area contributed by atoms with Crippen LogP contribution in [0.3, 0.4) is 0 Å². The van der Waals surface area contributed by atoms with Crippen molar-refractivity contribution in [3.05, 3.63) is 29.9 Å². The maximum atomic E-state index is 4.45. The zero-order chi connectivity index (χ0) is 14.7. The van der Waals surface area contributed by atoms with E-state index in [1.165, 1.54) is 12.8 Å². The number of fused-ring (bicyclic) bond motifs is 1. The highest BCUT2D eigenvalue weighted by molar-refractivity contribution is 5.02. The summed E-state index contributed by atoms with van der Waals surface area (Å²) < 4.78 is 4.44. The Balaban J connectivity index is 1.68. The topological polar surface area (TPSA) is 60.6 Å². The summed E-state index contributed by atoms with van der Waals surface area (Å²) in [6.45, 7) is 8.03. The summed E-state index contributed by atoms with van der Waals surface area (Å²) in [5, 5.41) is 12.1. The van der Waals surface area contributed by atoms with E-state index in [9.17, 15) is 0 Å². The summed E-state index contributed by atoms with van der Waals surface area (Å²) in [5.74, 6) is 3.89. The highest BCUT2D eigenvalue weighted by atomic mass is 15.3. The quantitative estimate of drug-likeness (QED) is 0.877. The first-order valence-corrected chi connectivity index (χ1v) is 7.85. The van der Waals surface area contributed by atoms with Crippen LogP contribution in [0.4, 0.5) is 0 Å². The second-order valence-corrected chi connectivity index (χ2v) is 6.14. The van der Waals surface area contributed by atoms with Gasteiger partial charge < -0.3 is 14.5 Å². The van der Waals surface area contributed by atoms with E-state index in [1.807, 2.05) is 12.4 Å². The van der Waals surface area contributed by atoms with Gasteiger partial charge in [-0.2, -0.15) is 0 Å². The summed E-state index contributed by atoms with van der Waals surface area (Å²) in [4.78, 5) is 4.45. The van der Waals surface area contributed by atoms with E-state index in [-0.39, 0.29) is 0 Å². The van der Waals surface area contributed by atoms with Gasteiger partial charge in [0.25, 0.3) is 0 Å². The molecule has 21 heavy (non-hydrogen) atoms. The molecule has 6 heteroatoms. The van der Waals surface area contributed by atoms with E-state index >= 15 is 0 Å². The highest BCUT2D eigenvalue weighted by Crippen LogP contribution is 2.15. The molecule has 0 amide bonds. The maximum Gasteiger partial charge on any atom is 0.153 e. The Hall–Kier alpha value is -1.69. The first kappa shape index (κ1) is 14.3. The summed E-state index contributed by atoms with van der Waals surface area (Å²) in [7, 11) is 0. The van der Waals surface area contributed by atoms with Crippen molar-refractivity contribution in [3.63, 3.8) is 0 Å². The molecule has 1 N–H and O–H groups in total. The van der Waals surface area contributed by atoms with Crippen LogP contribution in [0.1, 0.15) is 44.2 Å². The van der Waals surface area contributed by atoms with Crippen molar-refractivity contribution >= 4 is 0 Å². The summed E-state index contributed by atoms with van der Waals surface area (Å²) in [5.41, 5.74) is 0. The van der Waals surface area contributed by atoms with Gasteiger partial charge >= 0.3 is 0 Å². The fraction of sp³-hybridized carbons (Fsp3) is 0.667. The normalized spacial score (nSPS) is 14.6. The van der Waals surface area contributed by atoms with Crippen LogP contribution >= 0.6 is 0 Å². The minimum atomic E-state index is 0.650. The van der Waals surface area contributed by atoms with Crippen molar-refractivity contribution in [1.82, 2.24) is 29.6 Å². The minimum absolute atomic E-state index is 0.650. The Morgan fingerprint density at radius 1 is 1.24 bits per heavy atom. The van der Waals surface area contributed by atoms with Crippen LogP contribution < -0.4 is 5.32 Å². The molecule has 0 fully saturated rings. The number of rotatable bonds is 6. The van der Waals surface area contributed by atoms with Crippen molar-refractivity contribution < 1.29 is 0 Å². The molecule has 0 aliphatic carbocycles. The fourth-order valence-electron chi connectivity index (χ4n) is 2.76.